The highest BCUT2D eigenvalue weighted by molar-refractivity contribution is 6.31. The highest BCUT2D eigenvalue weighted by Crippen LogP contribution is 2.27. The fraction of sp³-hybridized carbons (Fsp3) is 0.267. The van der Waals surface area contributed by atoms with Crippen LogP contribution in [-0.4, -0.2) is 11.5 Å². The summed E-state index contributed by atoms with van der Waals surface area (Å²) in [6.45, 7) is 5.66. The summed E-state index contributed by atoms with van der Waals surface area (Å²) in [6.07, 6.45) is 0. The van der Waals surface area contributed by atoms with Gasteiger partial charge < -0.3 is 10.6 Å². The van der Waals surface area contributed by atoms with Crippen molar-refractivity contribution in [3.8, 4) is 0 Å². The van der Waals surface area contributed by atoms with Gasteiger partial charge in [-0.15, -0.1) is 0 Å². The summed E-state index contributed by atoms with van der Waals surface area (Å²) in [5.74, 6) is 0. The summed E-state index contributed by atoms with van der Waals surface area (Å²) in [5, 5.41) is 0.694. The molecule has 100 valence electrons. The van der Waals surface area contributed by atoms with E-state index in [2.05, 4.69) is 16.8 Å². The Morgan fingerprint density at radius 1 is 1.26 bits per heavy atom. The zero-order valence-electron chi connectivity index (χ0n) is 11.2. The number of nitrogen functional groups attached to an aromatic ring is 1. The van der Waals surface area contributed by atoms with Crippen LogP contribution in [0.15, 0.2) is 36.4 Å². The van der Waals surface area contributed by atoms with E-state index in [1.807, 2.05) is 37.3 Å². The summed E-state index contributed by atoms with van der Waals surface area (Å²) in [4.78, 5) is 6.69. The predicted octanol–water partition coefficient (Wildman–Crippen LogP) is 3.65. The van der Waals surface area contributed by atoms with Crippen molar-refractivity contribution >= 4 is 23.0 Å². The van der Waals surface area contributed by atoms with Crippen LogP contribution in [-0.2, 0) is 6.54 Å². The Balaban J connectivity index is 2.27. The minimum Gasteiger partial charge on any atom is -0.397 e. The van der Waals surface area contributed by atoms with Crippen LogP contribution < -0.4 is 10.6 Å². The average Bonchev–Trinajstić information content (AvgIpc) is 2.39. The fourth-order valence-electron chi connectivity index (χ4n) is 2.04. The molecule has 0 amide bonds. The summed E-state index contributed by atoms with van der Waals surface area (Å²) >= 11 is 6.05. The summed E-state index contributed by atoms with van der Waals surface area (Å²) in [5.41, 5.74) is 9.77. The van der Waals surface area contributed by atoms with Gasteiger partial charge in [0.1, 0.15) is 0 Å². The molecule has 2 aromatic rings. The largest absolute Gasteiger partial charge is 0.397 e. The van der Waals surface area contributed by atoms with Crippen molar-refractivity contribution in [2.45, 2.75) is 20.4 Å². The zero-order chi connectivity index (χ0) is 13.8. The molecule has 0 unspecified atom stereocenters. The maximum atomic E-state index is 6.05. The molecule has 0 saturated heterocycles. The summed E-state index contributed by atoms with van der Waals surface area (Å²) in [6, 6.07) is 11.6. The Morgan fingerprint density at radius 3 is 2.74 bits per heavy atom. The molecule has 3 nitrogen and oxygen atoms in total. The molecule has 2 rings (SSSR count). The Labute approximate surface area is 119 Å². The van der Waals surface area contributed by atoms with E-state index in [-0.39, 0.29) is 0 Å². The molecule has 0 bridgehead atoms. The first kappa shape index (κ1) is 13.7. The molecule has 0 spiro atoms. The van der Waals surface area contributed by atoms with Gasteiger partial charge in [-0.25, -0.2) is 0 Å². The third-order valence-electron chi connectivity index (χ3n) is 3.01. The Morgan fingerprint density at radius 2 is 2.05 bits per heavy atom. The fourth-order valence-corrected chi connectivity index (χ4v) is 2.21. The number of rotatable bonds is 4. The number of hydrogen-bond donors (Lipinski definition) is 1. The van der Waals surface area contributed by atoms with Crippen LogP contribution in [0.3, 0.4) is 0 Å². The molecule has 0 aliphatic rings. The standard InChI is InChI=1S/C15H18ClN3/c1-3-19(10-13-6-4-5-11(2)18-13)15-9-12(16)7-8-14(15)17/h4-9H,3,10,17H2,1-2H3. The van der Waals surface area contributed by atoms with E-state index in [0.29, 0.717) is 5.02 Å². The quantitative estimate of drug-likeness (QED) is 0.866. The molecule has 1 heterocycles. The van der Waals surface area contributed by atoms with Crippen LogP contribution in [0, 0.1) is 6.92 Å². The van der Waals surface area contributed by atoms with E-state index in [1.54, 1.807) is 6.07 Å². The molecule has 0 saturated carbocycles. The topological polar surface area (TPSA) is 42.2 Å². The van der Waals surface area contributed by atoms with Gasteiger partial charge in [0.25, 0.3) is 0 Å². The van der Waals surface area contributed by atoms with Crippen LogP contribution in [0.1, 0.15) is 18.3 Å². The van der Waals surface area contributed by atoms with Crippen molar-refractivity contribution in [2.24, 2.45) is 0 Å². The van der Waals surface area contributed by atoms with Gasteiger partial charge in [-0.1, -0.05) is 17.7 Å². The molecule has 2 N–H and O–H groups in total. The van der Waals surface area contributed by atoms with Crippen molar-refractivity contribution in [1.82, 2.24) is 4.98 Å². The first-order chi connectivity index (χ1) is 9.10. The Kier molecular flexibility index (Phi) is 4.27. The van der Waals surface area contributed by atoms with Gasteiger partial charge in [0.05, 0.1) is 23.6 Å². The average molecular weight is 276 g/mol. The number of anilines is 2. The van der Waals surface area contributed by atoms with Crippen LogP contribution in [0.2, 0.25) is 5.02 Å². The smallest absolute Gasteiger partial charge is 0.0618 e. The van der Waals surface area contributed by atoms with Crippen LogP contribution in [0.4, 0.5) is 11.4 Å². The molecule has 4 heteroatoms. The first-order valence-electron chi connectivity index (χ1n) is 6.32. The second-order valence-electron chi connectivity index (χ2n) is 4.49. The minimum atomic E-state index is 0.694. The number of hydrogen-bond acceptors (Lipinski definition) is 3. The van der Waals surface area contributed by atoms with Gasteiger partial charge in [-0.05, 0) is 44.2 Å². The third kappa shape index (κ3) is 3.38. The van der Waals surface area contributed by atoms with Crippen LogP contribution >= 0.6 is 11.6 Å². The molecule has 1 aromatic heterocycles. The number of nitrogens with two attached hydrogens (primary N) is 1. The lowest BCUT2D eigenvalue weighted by atomic mass is 10.2. The lowest BCUT2D eigenvalue weighted by Gasteiger charge is -2.24. The monoisotopic (exact) mass is 275 g/mol. The van der Waals surface area contributed by atoms with E-state index < -0.39 is 0 Å². The van der Waals surface area contributed by atoms with Crippen LogP contribution in [0.5, 0.6) is 0 Å². The van der Waals surface area contributed by atoms with Crippen molar-refractivity contribution < 1.29 is 0 Å². The SMILES string of the molecule is CCN(Cc1cccc(C)n1)c1cc(Cl)ccc1N. The number of benzene rings is 1. The van der Waals surface area contributed by atoms with Gasteiger partial charge in [0, 0.05) is 17.3 Å². The normalized spacial score (nSPS) is 10.5. The number of aryl methyl sites for hydroxylation is 1. The number of halogens is 1. The molecule has 0 fully saturated rings. The molecule has 19 heavy (non-hydrogen) atoms. The number of nitrogens with zero attached hydrogens (tertiary/aromatic N) is 2. The Bertz CT molecular complexity index is 569. The second kappa shape index (κ2) is 5.93. The van der Waals surface area contributed by atoms with Gasteiger partial charge >= 0.3 is 0 Å². The van der Waals surface area contributed by atoms with Crippen molar-refractivity contribution in [2.75, 3.05) is 17.2 Å². The highest BCUT2D eigenvalue weighted by Gasteiger charge is 2.10. The van der Waals surface area contributed by atoms with Crippen molar-refractivity contribution in [1.29, 1.82) is 0 Å². The maximum absolute atomic E-state index is 6.05. The second-order valence-corrected chi connectivity index (χ2v) is 4.92. The number of pyridine rings is 1. The molecule has 1 aromatic carbocycles. The lowest BCUT2D eigenvalue weighted by molar-refractivity contribution is 0.807. The molecule has 0 aliphatic heterocycles. The highest BCUT2D eigenvalue weighted by atomic mass is 35.5. The Hall–Kier alpha value is -1.74. The van der Waals surface area contributed by atoms with E-state index in [4.69, 9.17) is 17.3 Å². The summed E-state index contributed by atoms with van der Waals surface area (Å²) in [7, 11) is 0. The van der Waals surface area contributed by atoms with Gasteiger partial charge in [-0.2, -0.15) is 0 Å². The van der Waals surface area contributed by atoms with E-state index in [0.717, 1.165) is 35.9 Å². The first-order valence-corrected chi connectivity index (χ1v) is 6.70. The van der Waals surface area contributed by atoms with Crippen LogP contribution in [0.25, 0.3) is 0 Å². The molecular formula is C15H18ClN3. The van der Waals surface area contributed by atoms with Crippen molar-refractivity contribution in [3.05, 3.63) is 52.8 Å². The van der Waals surface area contributed by atoms with Gasteiger partial charge in [0.15, 0.2) is 0 Å². The zero-order valence-corrected chi connectivity index (χ0v) is 12.0. The molecule has 0 radical (unpaired) electrons. The third-order valence-corrected chi connectivity index (χ3v) is 3.25. The minimum absolute atomic E-state index is 0.694. The lowest BCUT2D eigenvalue weighted by Crippen LogP contribution is -2.23. The van der Waals surface area contributed by atoms with Gasteiger partial charge in [-0.3, -0.25) is 4.98 Å². The molecule has 0 atom stereocenters. The van der Waals surface area contributed by atoms with Gasteiger partial charge in [0.2, 0.25) is 0 Å². The van der Waals surface area contributed by atoms with Crippen molar-refractivity contribution in [3.63, 3.8) is 0 Å². The maximum Gasteiger partial charge on any atom is 0.0618 e. The van der Waals surface area contributed by atoms with E-state index >= 15 is 0 Å². The summed E-state index contributed by atoms with van der Waals surface area (Å²) < 4.78 is 0. The number of aromatic nitrogens is 1. The predicted molar refractivity (Wildman–Crippen MR) is 81.6 cm³/mol. The van der Waals surface area contributed by atoms with E-state index in [1.165, 1.54) is 0 Å². The molecule has 0 aliphatic carbocycles. The molecular weight excluding hydrogens is 258 g/mol. The van der Waals surface area contributed by atoms with E-state index in [9.17, 15) is 0 Å².